The number of hydrazine groups is 1. The molecule has 1 aliphatic heterocycles. The third kappa shape index (κ3) is 4.50. The van der Waals surface area contributed by atoms with Gasteiger partial charge in [0.05, 0.1) is 10.9 Å². The number of carbonyl (C=O) groups is 1. The molecule has 0 saturated carbocycles. The molecule has 3 rings (SSSR count). The molecule has 2 atom stereocenters. The number of primary sulfonamides is 1. The molecule has 5 N–H and O–H groups in total. The van der Waals surface area contributed by atoms with Gasteiger partial charge in [0.1, 0.15) is 17.6 Å². The maximum absolute atomic E-state index is 12.3. The van der Waals surface area contributed by atoms with Crippen LogP contribution in [0.15, 0.2) is 45.7 Å². The number of hydrogen-bond acceptors (Lipinski definition) is 6. The lowest BCUT2D eigenvalue weighted by atomic mass is 10.1. The topological polar surface area (TPSA) is 126 Å². The lowest BCUT2D eigenvalue weighted by molar-refractivity contribution is -0.122. The Bertz CT molecular complexity index is 876. The van der Waals surface area contributed by atoms with Crippen molar-refractivity contribution in [3.8, 4) is 0 Å². The van der Waals surface area contributed by atoms with Gasteiger partial charge in [0.25, 0.3) is 0 Å². The molecular weight excluding hydrogens is 356 g/mol. The lowest BCUT2D eigenvalue weighted by Crippen LogP contribution is -2.43. The second-order valence-electron chi connectivity index (χ2n) is 6.31. The molecule has 8 nitrogen and oxygen atoms in total. The van der Waals surface area contributed by atoms with E-state index in [1.54, 1.807) is 12.1 Å². The first-order chi connectivity index (χ1) is 12.3. The third-order valence-corrected chi connectivity index (χ3v) is 5.22. The van der Waals surface area contributed by atoms with Gasteiger partial charge in [0.2, 0.25) is 15.9 Å². The largest absolute Gasteiger partial charge is 0.465 e. The Hall–Kier alpha value is -2.20. The first kappa shape index (κ1) is 18.6. The highest BCUT2D eigenvalue weighted by Gasteiger charge is 2.31. The predicted molar refractivity (Wildman–Crippen MR) is 95.4 cm³/mol. The summed E-state index contributed by atoms with van der Waals surface area (Å²) in [5.74, 6) is 1.55. The first-order valence-electron chi connectivity index (χ1n) is 8.30. The summed E-state index contributed by atoms with van der Waals surface area (Å²) >= 11 is 0. The molecule has 1 amide bonds. The number of hydrogen-bond donors (Lipinski definition) is 4. The monoisotopic (exact) mass is 378 g/mol. The Kier molecular flexibility index (Phi) is 5.42. The average molecular weight is 378 g/mol. The van der Waals surface area contributed by atoms with Gasteiger partial charge in [-0.25, -0.2) is 24.4 Å². The summed E-state index contributed by atoms with van der Waals surface area (Å²) in [7, 11) is -3.68. The van der Waals surface area contributed by atoms with Gasteiger partial charge in [-0.05, 0) is 49.6 Å². The molecule has 0 bridgehead atoms. The summed E-state index contributed by atoms with van der Waals surface area (Å²) in [5.41, 5.74) is 6.97. The van der Waals surface area contributed by atoms with Gasteiger partial charge in [-0.3, -0.25) is 4.79 Å². The lowest BCUT2D eigenvalue weighted by Gasteiger charge is -2.10. The van der Waals surface area contributed by atoms with E-state index < -0.39 is 10.0 Å². The van der Waals surface area contributed by atoms with Crippen molar-refractivity contribution in [1.82, 2.24) is 16.2 Å². The fourth-order valence-electron chi connectivity index (χ4n) is 2.85. The van der Waals surface area contributed by atoms with Crippen LogP contribution in [-0.2, 0) is 21.2 Å². The van der Waals surface area contributed by atoms with Crippen LogP contribution in [0.5, 0.6) is 0 Å². The van der Waals surface area contributed by atoms with Crippen LogP contribution in [0.3, 0.4) is 0 Å². The van der Waals surface area contributed by atoms with Gasteiger partial charge in [0, 0.05) is 6.54 Å². The Morgan fingerprint density at radius 1 is 1.23 bits per heavy atom. The minimum Gasteiger partial charge on any atom is -0.465 e. The normalized spacial score (nSPS) is 20.2. The van der Waals surface area contributed by atoms with Gasteiger partial charge in [-0.1, -0.05) is 12.1 Å². The van der Waals surface area contributed by atoms with Crippen LogP contribution in [0.4, 0.5) is 0 Å². The standard InChI is InChI=1S/C17H22N4O4S/c1-11-2-7-16(25-11)14-10-15(21-20-14)17(22)19-9-8-12-3-5-13(6-4-12)26(18,23)24/h2-7,14-15,20-21H,8-10H2,1H3,(H,19,22)(H2,18,23,24). The molecule has 1 aromatic carbocycles. The molecule has 0 spiro atoms. The van der Waals surface area contributed by atoms with E-state index in [9.17, 15) is 13.2 Å². The second kappa shape index (κ2) is 7.58. The molecule has 2 unspecified atom stereocenters. The van der Waals surface area contributed by atoms with Crippen LogP contribution in [0.25, 0.3) is 0 Å². The van der Waals surface area contributed by atoms with Crippen molar-refractivity contribution in [3.63, 3.8) is 0 Å². The van der Waals surface area contributed by atoms with E-state index >= 15 is 0 Å². The zero-order valence-electron chi connectivity index (χ0n) is 14.4. The van der Waals surface area contributed by atoms with E-state index in [0.717, 1.165) is 17.1 Å². The number of furan rings is 1. The number of nitrogens with one attached hydrogen (secondary N) is 3. The zero-order chi connectivity index (χ0) is 18.7. The van der Waals surface area contributed by atoms with Crippen molar-refractivity contribution in [2.75, 3.05) is 6.54 Å². The molecule has 1 aliphatic rings. The number of rotatable bonds is 6. The van der Waals surface area contributed by atoms with Gasteiger partial charge in [-0.2, -0.15) is 0 Å². The van der Waals surface area contributed by atoms with Crippen molar-refractivity contribution in [2.24, 2.45) is 5.14 Å². The van der Waals surface area contributed by atoms with Crippen molar-refractivity contribution in [1.29, 1.82) is 0 Å². The third-order valence-electron chi connectivity index (χ3n) is 4.29. The maximum Gasteiger partial charge on any atom is 0.238 e. The van der Waals surface area contributed by atoms with E-state index in [1.165, 1.54) is 12.1 Å². The Balaban J connectivity index is 1.46. The highest BCUT2D eigenvalue weighted by Crippen LogP contribution is 2.23. The molecule has 1 fully saturated rings. The summed E-state index contributed by atoms with van der Waals surface area (Å²) in [6.45, 7) is 2.34. The van der Waals surface area contributed by atoms with Crippen LogP contribution in [0.2, 0.25) is 0 Å². The Morgan fingerprint density at radius 3 is 2.58 bits per heavy atom. The number of aryl methyl sites for hydroxylation is 1. The summed E-state index contributed by atoms with van der Waals surface area (Å²) in [6.07, 6.45) is 1.19. The highest BCUT2D eigenvalue weighted by molar-refractivity contribution is 7.89. The van der Waals surface area contributed by atoms with Crippen molar-refractivity contribution < 1.29 is 17.6 Å². The second-order valence-corrected chi connectivity index (χ2v) is 7.87. The minimum atomic E-state index is -3.68. The highest BCUT2D eigenvalue weighted by atomic mass is 32.2. The van der Waals surface area contributed by atoms with Gasteiger partial charge >= 0.3 is 0 Å². The molecule has 1 aromatic heterocycles. The number of nitrogens with two attached hydrogens (primary N) is 1. The molecule has 0 aliphatic carbocycles. The number of sulfonamides is 1. The van der Waals surface area contributed by atoms with E-state index in [2.05, 4.69) is 16.2 Å². The number of benzene rings is 1. The van der Waals surface area contributed by atoms with E-state index in [0.29, 0.717) is 19.4 Å². The fraction of sp³-hybridized carbons (Fsp3) is 0.353. The van der Waals surface area contributed by atoms with Crippen molar-refractivity contribution >= 4 is 15.9 Å². The smallest absolute Gasteiger partial charge is 0.238 e. The zero-order valence-corrected chi connectivity index (χ0v) is 15.2. The van der Waals surface area contributed by atoms with E-state index in [1.807, 2.05) is 19.1 Å². The molecule has 2 aromatic rings. The Morgan fingerprint density at radius 2 is 1.96 bits per heavy atom. The molecule has 1 saturated heterocycles. The quantitative estimate of drug-likeness (QED) is 0.580. The molecule has 9 heteroatoms. The van der Waals surface area contributed by atoms with Gasteiger partial charge < -0.3 is 9.73 Å². The van der Waals surface area contributed by atoms with Crippen molar-refractivity contribution in [3.05, 3.63) is 53.5 Å². The maximum atomic E-state index is 12.3. The van der Waals surface area contributed by atoms with Crippen LogP contribution < -0.4 is 21.3 Å². The van der Waals surface area contributed by atoms with E-state index in [-0.39, 0.29) is 22.9 Å². The van der Waals surface area contributed by atoms with Crippen molar-refractivity contribution in [2.45, 2.75) is 36.7 Å². The summed E-state index contributed by atoms with van der Waals surface area (Å²) in [6, 6.07) is 9.73. The molecular formula is C17H22N4O4S. The van der Waals surface area contributed by atoms with Crippen LogP contribution in [0.1, 0.15) is 29.5 Å². The van der Waals surface area contributed by atoms with Gasteiger partial charge in [0.15, 0.2) is 0 Å². The molecule has 140 valence electrons. The average Bonchev–Trinajstić information content (AvgIpc) is 3.23. The fourth-order valence-corrected chi connectivity index (χ4v) is 3.37. The SMILES string of the molecule is Cc1ccc(C2CC(C(=O)NCCc3ccc(S(N)(=O)=O)cc3)NN2)o1. The van der Waals surface area contributed by atoms with Crippen LogP contribution in [-0.4, -0.2) is 26.9 Å². The first-order valence-corrected chi connectivity index (χ1v) is 9.84. The van der Waals surface area contributed by atoms with E-state index in [4.69, 9.17) is 9.56 Å². The summed E-state index contributed by atoms with van der Waals surface area (Å²) in [5, 5.41) is 7.95. The Labute approximate surface area is 152 Å². The predicted octanol–water partition coefficient (Wildman–Crippen LogP) is 0.502. The van der Waals surface area contributed by atoms with Crippen LogP contribution >= 0.6 is 0 Å². The number of amides is 1. The molecule has 2 heterocycles. The molecule has 26 heavy (non-hydrogen) atoms. The number of carbonyl (C=O) groups excluding carboxylic acids is 1. The minimum absolute atomic E-state index is 0.0368. The molecule has 0 radical (unpaired) electrons. The summed E-state index contributed by atoms with van der Waals surface area (Å²) < 4.78 is 28.0. The summed E-state index contributed by atoms with van der Waals surface area (Å²) in [4.78, 5) is 12.3. The van der Waals surface area contributed by atoms with Gasteiger partial charge in [-0.15, -0.1) is 0 Å². The van der Waals surface area contributed by atoms with Crippen LogP contribution in [0, 0.1) is 6.92 Å².